The highest BCUT2D eigenvalue weighted by molar-refractivity contribution is 6.22. The van der Waals surface area contributed by atoms with Crippen LogP contribution in [0.5, 0.6) is 0 Å². The van der Waals surface area contributed by atoms with Gasteiger partial charge in [0.05, 0.1) is 17.7 Å². The number of aliphatic carboxylic acids is 1. The number of carboxylic acids is 1. The highest BCUT2D eigenvalue weighted by Gasteiger charge is 2.42. The van der Waals surface area contributed by atoms with Crippen LogP contribution in [-0.2, 0) is 17.8 Å². The van der Waals surface area contributed by atoms with Gasteiger partial charge in [0.1, 0.15) is 6.04 Å². The van der Waals surface area contributed by atoms with E-state index in [1.165, 1.54) is 12.1 Å². The predicted octanol–water partition coefficient (Wildman–Crippen LogP) is 1.47. The quantitative estimate of drug-likeness (QED) is 0.812. The van der Waals surface area contributed by atoms with E-state index in [-0.39, 0.29) is 24.2 Å². The third kappa shape index (κ3) is 2.57. The summed E-state index contributed by atoms with van der Waals surface area (Å²) in [4.78, 5) is 37.5. The maximum absolute atomic E-state index is 12.5. The van der Waals surface area contributed by atoms with Crippen LogP contribution < -0.4 is 0 Å². The molecule has 0 saturated heterocycles. The van der Waals surface area contributed by atoms with Crippen LogP contribution in [0.1, 0.15) is 31.8 Å². The molecule has 122 valence electrons. The van der Waals surface area contributed by atoms with Gasteiger partial charge in [-0.1, -0.05) is 36.4 Å². The van der Waals surface area contributed by atoms with Crippen molar-refractivity contribution < 1.29 is 24.6 Å². The van der Waals surface area contributed by atoms with Crippen LogP contribution >= 0.6 is 0 Å². The number of fused-ring (bicyclic) bond motifs is 1. The average molecular weight is 325 g/mol. The van der Waals surface area contributed by atoms with Gasteiger partial charge in [-0.05, 0) is 23.3 Å². The molecule has 0 saturated carbocycles. The lowest BCUT2D eigenvalue weighted by Crippen LogP contribution is -2.46. The lowest BCUT2D eigenvalue weighted by molar-refractivity contribution is -0.141. The predicted molar refractivity (Wildman–Crippen MR) is 84.4 cm³/mol. The molecular formula is C18H15NO5. The largest absolute Gasteiger partial charge is 0.480 e. The molecule has 1 heterocycles. The Morgan fingerprint density at radius 2 is 1.42 bits per heavy atom. The Labute approximate surface area is 138 Å². The van der Waals surface area contributed by atoms with Gasteiger partial charge in [0.25, 0.3) is 11.8 Å². The molecule has 1 aliphatic rings. The zero-order valence-corrected chi connectivity index (χ0v) is 12.7. The number of imide groups is 1. The molecule has 0 bridgehead atoms. The smallest absolute Gasteiger partial charge is 0.327 e. The van der Waals surface area contributed by atoms with Crippen molar-refractivity contribution in [2.24, 2.45) is 0 Å². The lowest BCUT2D eigenvalue weighted by atomic mass is 9.99. The molecule has 0 fully saturated rings. The van der Waals surface area contributed by atoms with Crippen LogP contribution in [0.2, 0.25) is 0 Å². The van der Waals surface area contributed by atoms with Gasteiger partial charge in [-0.3, -0.25) is 14.5 Å². The summed E-state index contributed by atoms with van der Waals surface area (Å²) in [6.07, 6.45) is -0.0580. The van der Waals surface area contributed by atoms with Crippen molar-refractivity contribution in [3.8, 4) is 0 Å². The molecule has 2 aromatic carbocycles. The molecule has 6 nitrogen and oxygen atoms in total. The molecule has 2 N–H and O–H groups in total. The molecule has 0 aromatic heterocycles. The number of carbonyl (C=O) groups is 3. The standard InChI is InChI=1S/C18H15NO5/c20-10-12-6-2-1-5-11(12)9-15(18(23)24)19-16(21)13-7-3-4-8-14(13)17(19)22/h1-8,15,20H,9-10H2,(H,23,24)/t15-/m0/s1. The van der Waals surface area contributed by atoms with Gasteiger partial charge in [0.15, 0.2) is 0 Å². The summed E-state index contributed by atoms with van der Waals surface area (Å²) in [6.45, 7) is -0.245. The number of hydrogen-bond acceptors (Lipinski definition) is 4. The van der Waals surface area contributed by atoms with E-state index in [1.54, 1.807) is 36.4 Å². The second kappa shape index (κ2) is 6.25. The Hall–Kier alpha value is -2.99. The molecule has 1 aliphatic heterocycles. The molecule has 1 atom stereocenters. The van der Waals surface area contributed by atoms with Gasteiger partial charge in [-0.15, -0.1) is 0 Å². The van der Waals surface area contributed by atoms with E-state index in [2.05, 4.69) is 0 Å². The minimum atomic E-state index is -1.33. The Bertz CT molecular complexity index is 795. The maximum atomic E-state index is 12.5. The van der Waals surface area contributed by atoms with Gasteiger partial charge >= 0.3 is 5.97 Å². The van der Waals surface area contributed by atoms with Gasteiger partial charge in [0, 0.05) is 6.42 Å². The Morgan fingerprint density at radius 3 is 1.92 bits per heavy atom. The number of hydrogen-bond donors (Lipinski definition) is 2. The fraction of sp³-hybridized carbons (Fsp3) is 0.167. The maximum Gasteiger partial charge on any atom is 0.327 e. The first kappa shape index (κ1) is 15.9. The third-order valence-corrected chi connectivity index (χ3v) is 4.12. The Balaban J connectivity index is 1.97. The fourth-order valence-corrected chi connectivity index (χ4v) is 2.90. The van der Waals surface area contributed by atoms with Crippen molar-refractivity contribution in [2.75, 3.05) is 0 Å². The summed E-state index contributed by atoms with van der Waals surface area (Å²) in [7, 11) is 0. The monoisotopic (exact) mass is 325 g/mol. The highest BCUT2D eigenvalue weighted by atomic mass is 16.4. The summed E-state index contributed by atoms with van der Waals surface area (Å²) in [5.74, 6) is -2.48. The van der Waals surface area contributed by atoms with Crippen LogP contribution in [0.25, 0.3) is 0 Å². The van der Waals surface area contributed by atoms with Crippen molar-refractivity contribution in [1.82, 2.24) is 4.90 Å². The zero-order chi connectivity index (χ0) is 17.3. The number of carboxylic acid groups (broad SMARTS) is 1. The van der Waals surface area contributed by atoms with Gasteiger partial charge in [-0.25, -0.2) is 4.79 Å². The molecular weight excluding hydrogens is 310 g/mol. The topological polar surface area (TPSA) is 94.9 Å². The number of carbonyl (C=O) groups excluding carboxylic acids is 2. The van der Waals surface area contributed by atoms with Crippen molar-refractivity contribution in [3.63, 3.8) is 0 Å². The number of aliphatic hydroxyl groups is 1. The summed E-state index contributed by atoms with van der Waals surface area (Å²) in [5.41, 5.74) is 1.58. The number of nitrogens with zero attached hydrogens (tertiary/aromatic N) is 1. The first-order valence-electron chi connectivity index (χ1n) is 7.42. The van der Waals surface area contributed by atoms with E-state index in [9.17, 15) is 24.6 Å². The van der Waals surface area contributed by atoms with Crippen LogP contribution in [-0.4, -0.2) is 38.9 Å². The van der Waals surface area contributed by atoms with Gasteiger partial charge in [0.2, 0.25) is 0 Å². The number of rotatable bonds is 5. The van der Waals surface area contributed by atoms with Crippen LogP contribution in [0.4, 0.5) is 0 Å². The molecule has 2 aromatic rings. The lowest BCUT2D eigenvalue weighted by Gasteiger charge is -2.23. The molecule has 0 radical (unpaired) electrons. The van der Waals surface area contributed by atoms with E-state index in [0.29, 0.717) is 11.1 Å². The van der Waals surface area contributed by atoms with Gasteiger partial charge in [-0.2, -0.15) is 0 Å². The summed E-state index contributed by atoms with van der Waals surface area (Å²) < 4.78 is 0. The van der Waals surface area contributed by atoms with E-state index in [4.69, 9.17) is 0 Å². The average Bonchev–Trinajstić information content (AvgIpc) is 2.84. The molecule has 3 rings (SSSR count). The van der Waals surface area contributed by atoms with E-state index >= 15 is 0 Å². The van der Waals surface area contributed by atoms with Crippen LogP contribution in [0.15, 0.2) is 48.5 Å². The first-order chi connectivity index (χ1) is 11.5. The first-order valence-corrected chi connectivity index (χ1v) is 7.42. The normalized spacial score (nSPS) is 14.6. The van der Waals surface area contributed by atoms with Crippen molar-refractivity contribution in [2.45, 2.75) is 19.1 Å². The summed E-state index contributed by atoms with van der Waals surface area (Å²) >= 11 is 0. The summed E-state index contributed by atoms with van der Waals surface area (Å²) in [5, 5.41) is 19.0. The Kier molecular flexibility index (Phi) is 4.14. The minimum absolute atomic E-state index is 0.0580. The van der Waals surface area contributed by atoms with Crippen molar-refractivity contribution in [3.05, 3.63) is 70.8 Å². The number of aliphatic hydroxyl groups excluding tert-OH is 1. The zero-order valence-electron chi connectivity index (χ0n) is 12.7. The van der Waals surface area contributed by atoms with Crippen molar-refractivity contribution in [1.29, 1.82) is 0 Å². The van der Waals surface area contributed by atoms with E-state index in [0.717, 1.165) is 4.90 Å². The molecule has 6 heteroatoms. The van der Waals surface area contributed by atoms with Crippen molar-refractivity contribution >= 4 is 17.8 Å². The van der Waals surface area contributed by atoms with E-state index < -0.39 is 23.8 Å². The Morgan fingerprint density at radius 1 is 0.917 bits per heavy atom. The number of amides is 2. The minimum Gasteiger partial charge on any atom is -0.480 e. The van der Waals surface area contributed by atoms with Crippen LogP contribution in [0.3, 0.4) is 0 Å². The summed E-state index contributed by atoms with van der Waals surface area (Å²) in [6, 6.07) is 11.8. The molecule has 24 heavy (non-hydrogen) atoms. The molecule has 0 spiro atoms. The molecule has 0 unspecified atom stereocenters. The number of benzene rings is 2. The third-order valence-electron chi connectivity index (χ3n) is 4.12. The van der Waals surface area contributed by atoms with Gasteiger partial charge < -0.3 is 10.2 Å². The molecule has 2 amide bonds. The second-order valence-electron chi connectivity index (χ2n) is 5.51. The highest BCUT2D eigenvalue weighted by Crippen LogP contribution is 2.26. The van der Waals surface area contributed by atoms with E-state index in [1.807, 2.05) is 0 Å². The molecule has 0 aliphatic carbocycles. The SMILES string of the molecule is O=C(O)[C@H](Cc1ccccc1CO)N1C(=O)c2ccccc2C1=O. The fourth-order valence-electron chi connectivity index (χ4n) is 2.90. The second-order valence-corrected chi connectivity index (χ2v) is 5.51. The van der Waals surface area contributed by atoms with Crippen LogP contribution in [0, 0.1) is 0 Å².